The lowest BCUT2D eigenvalue weighted by Gasteiger charge is -2.19. The van der Waals surface area contributed by atoms with E-state index < -0.39 is 0 Å². The molecule has 1 saturated heterocycles. The van der Waals surface area contributed by atoms with Crippen LogP contribution in [0.3, 0.4) is 0 Å². The first-order valence-electron chi connectivity index (χ1n) is 7.42. The molecule has 0 saturated carbocycles. The Labute approximate surface area is 129 Å². The van der Waals surface area contributed by atoms with Crippen molar-refractivity contribution in [2.45, 2.75) is 12.5 Å². The summed E-state index contributed by atoms with van der Waals surface area (Å²) in [6.07, 6.45) is 4.38. The van der Waals surface area contributed by atoms with Crippen LogP contribution in [0.15, 0.2) is 42.7 Å². The number of amides is 2. The second-order valence-corrected chi connectivity index (χ2v) is 5.49. The number of nitrogens with one attached hydrogen (secondary N) is 2. The zero-order valence-corrected chi connectivity index (χ0v) is 12.5. The summed E-state index contributed by atoms with van der Waals surface area (Å²) in [7, 11) is 1.81. The van der Waals surface area contributed by atoms with E-state index in [9.17, 15) is 4.79 Å². The van der Waals surface area contributed by atoms with Crippen LogP contribution in [-0.4, -0.2) is 29.0 Å². The number of hydrogen-bond acceptors (Lipinski definition) is 3. The summed E-state index contributed by atoms with van der Waals surface area (Å²) in [4.78, 5) is 11.9. The molecule has 2 N–H and O–H groups in total. The third-order valence-electron chi connectivity index (χ3n) is 3.83. The summed E-state index contributed by atoms with van der Waals surface area (Å²) in [6, 6.07) is 9.93. The maximum absolute atomic E-state index is 11.9. The van der Waals surface area contributed by atoms with Crippen LogP contribution in [-0.2, 0) is 11.8 Å². The van der Waals surface area contributed by atoms with Gasteiger partial charge in [-0.2, -0.15) is 5.10 Å². The third kappa shape index (κ3) is 3.46. The highest BCUT2D eigenvalue weighted by Crippen LogP contribution is 2.33. The normalized spacial score (nSPS) is 20.8. The molecule has 2 amide bonds. The van der Waals surface area contributed by atoms with Crippen molar-refractivity contribution in [3.63, 3.8) is 0 Å². The largest absolute Gasteiger partial charge is 0.373 e. The summed E-state index contributed by atoms with van der Waals surface area (Å²) in [5, 5.41) is 9.70. The Morgan fingerprint density at radius 3 is 2.95 bits per heavy atom. The number of carbonyl (C=O) groups is 1. The first-order valence-corrected chi connectivity index (χ1v) is 7.42. The highest BCUT2D eigenvalue weighted by molar-refractivity contribution is 5.88. The van der Waals surface area contributed by atoms with Crippen LogP contribution < -0.4 is 10.6 Å². The van der Waals surface area contributed by atoms with Crippen molar-refractivity contribution in [3.8, 4) is 0 Å². The molecular weight excluding hydrogens is 280 g/mol. The first-order chi connectivity index (χ1) is 10.7. The minimum atomic E-state index is -0.216. The van der Waals surface area contributed by atoms with Gasteiger partial charge in [-0.1, -0.05) is 30.3 Å². The maximum atomic E-state index is 11.9. The fourth-order valence-corrected chi connectivity index (χ4v) is 2.74. The van der Waals surface area contributed by atoms with Gasteiger partial charge in [0.05, 0.1) is 18.0 Å². The Balaban J connectivity index is 1.53. The van der Waals surface area contributed by atoms with Crippen molar-refractivity contribution >= 4 is 11.7 Å². The topological polar surface area (TPSA) is 68.2 Å². The number of ether oxygens (including phenoxy) is 1. The van der Waals surface area contributed by atoms with E-state index in [-0.39, 0.29) is 12.1 Å². The molecule has 1 aliphatic heterocycles. The predicted octanol–water partition coefficient (Wildman–Crippen LogP) is 2.32. The maximum Gasteiger partial charge on any atom is 0.319 e. The van der Waals surface area contributed by atoms with Crippen LogP contribution in [0, 0.1) is 5.92 Å². The van der Waals surface area contributed by atoms with Crippen molar-refractivity contribution < 1.29 is 9.53 Å². The molecule has 1 fully saturated rings. The zero-order valence-electron chi connectivity index (χ0n) is 12.5. The molecule has 1 aliphatic rings. The third-order valence-corrected chi connectivity index (χ3v) is 3.83. The second-order valence-electron chi connectivity index (χ2n) is 5.49. The molecule has 0 bridgehead atoms. The van der Waals surface area contributed by atoms with Gasteiger partial charge in [0.15, 0.2) is 0 Å². The molecule has 1 aromatic carbocycles. The Bertz CT molecular complexity index is 626. The summed E-state index contributed by atoms with van der Waals surface area (Å²) in [6.45, 7) is 1.32. The molecule has 6 nitrogen and oxygen atoms in total. The zero-order chi connectivity index (χ0) is 15.4. The van der Waals surface area contributed by atoms with Gasteiger partial charge in [-0.3, -0.25) is 4.68 Å². The molecule has 0 radical (unpaired) electrons. The number of carbonyl (C=O) groups excluding carboxylic acids is 1. The van der Waals surface area contributed by atoms with Crippen LogP contribution in [0.2, 0.25) is 0 Å². The van der Waals surface area contributed by atoms with Gasteiger partial charge in [-0.15, -0.1) is 0 Å². The van der Waals surface area contributed by atoms with Crippen LogP contribution >= 0.6 is 0 Å². The number of nitrogens with zero attached hydrogens (tertiary/aromatic N) is 2. The highest BCUT2D eigenvalue weighted by atomic mass is 16.5. The molecule has 0 spiro atoms. The smallest absolute Gasteiger partial charge is 0.319 e. The van der Waals surface area contributed by atoms with Crippen molar-refractivity contribution in [3.05, 3.63) is 48.3 Å². The van der Waals surface area contributed by atoms with Gasteiger partial charge in [0.2, 0.25) is 0 Å². The molecule has 0 aliphatic carbocycles. The molecule has 1 aromatic heterocycles. The Hall–Kier alpha value is -2.34. The average molecular weight is 300 g/mol. The molecule has 3 rings (SSSR count). The van der Waals surface area contributed by atoms with E-state index in [1.807, 2.05) is 25.2 Å². The number of hydrogen-bond donors (Lipinski definition) is 2. The predicted molar refractivity (Wildman–Crippen MR) is 83.5 cm³/mol. The summed E-state index contributed by atoms with van der Waals surface area (Å²) in [5.41, 5.74) is 1.85. The van der Waals surface area contributed by atoms with Crippen molar-refractivity contribution in [2.24, 2.45) is 13.0 Å². The quantitative estimate of drug-likeness (QED) is 0.910. The molecule has 2 aromatic rings. The summed E-state index contributed by atoms with van der Waals surface area (Å²) in [5.74, 6) is 0.294. The molecule has 116 valence electrons. The Morgan fingerprint density at radius 1 is 1.41 bits per heavy atom. The summed E-state index contributed by atoms with van der Waals surface area (Å²) < 4.78 is 7.47. The van der Waals surface area contributed by atoms with Crippen LogP contribution in [0.25, 0.3) is 0 Å². The number of aryl methyl sites for hydroxylation is 1. The van der Waals surface area contributed by atoms with Gasteiger partial charge in [0.1, 0.15) is 0 Å². The summed E-state index contributed by atoms with van der Waals surface area (Å²) >= 11 is 0. The minimum absolute atomic E-state index is 0.0555. The second kappa shape index (κ2) is 6.62. The molecular formula is C16H20N4O2. The molecule has 22 heavy (non-hydrogen) atoms. The van der Waals surface area contributed by atoms with Crippen LogP contribution in [0.4, 0.5) is 10.5 Å². The number of urea groups is 1. The van der Waals surface area contributed by atoms with Gasteiger partial charge >= 0.3 is 6.03 Å². The number of rotatable bonds is 4. The van der Waals surface area contributed by atoms with Gasteiger partial charge in [0, 0.05) is 32.3 Å². The number of benzene rings is 1. The van der Waals surface area contributed by atoms with E-state index in [0.717, 1.165) is 13.0 Å². The Kier molecular flexibility index (Phi) is 4.39. The van der Waals surface area contributed by atoms with Gasteiger partial charge in [-0.25, -0.2) is 4.79 Å². The van der Waals surface area contributed by atoms with Crippen LogP contribution in [0.1, 0.15) is 18.1 Å². The van der Waals surface area contributed by atoms with E-state index in [4.69, 9.17) is 4.74 Å². The number of anilines is 1. The molecule has 2 atom stereocenters. The van der Waals surface area contributed by atoms with Crippen molar-refractivity contribution in [1.82, 2.24) is 15.1 Å². The average Bonchev–Trinajstić information content (AvgIpc) is 3.15. The van der Waals surface area contributed by atoms with Crippen molar-refractivity contribution in [2.75, 3.05) is 18.5 Å². The fraction of sp³-hybridized carbons (Fsp3) is 0.375. The minimum Gasteiger partial charge on any atom is -0.373 e. The van der Waals surface area contributed by atoms with E-state index in [2.05, 4.69) is 27.9 Å². The number of aromatic nitrogens is 2. The van der Waals surface area contributed by atoms with E-state index in [1.54, 1.807) is 17.1 Å². The van der Waals surface area contributed by atoms with Gasteiger partial charge < -0.3 is 15.4 Å². The lowest BCUT2D eigenvalue weighted by Crippen LogP contribution is -2.33. The van der Waals surface area contributed by atoms with Gasteiger partial charge in [0.25, 0.3) is 0 Å². The standard InChI is InChI=1S/C16H20N4O2/c1-20-11-14(10-18-20)19-16(21)17-9-13-7-8-22-15(13)12-5-3-2-4-6-12/h2-6,10-11,13,15H,7-9H2,1H3,(H2,17,19,21)/t13-,15-/m1/s1. The lowest BCUT2D eigenvalue weighted by atomic mass is 9.95. The van der Waals surface area contributed by atoms with E-state index >= 15 is 0 Å². The lowest BCUT2D eigenvalue weighted by molar-refractivity contribution is 0.0911. The Morgan fingerprint density at radius 2 is 2.23 bits per heavy atom. The monoisotopic (exact) mass is 300 g/mol. The fourth-order valence-electron chi connectivity index (χ4n) is 2.74. The van der Waals surface area contributed by atoms with E-state index in [0.29, 0.717) is 18.2 Å². The van der Waals surface area contributed by atoms with Gasteiger partial charge in [-0.05, 0) is 12.0 Å². The van der Waals surface area contributed by atoms with Crippen molar-refractivity contribution in [1.29, 1.82) is 0 Å². The highest BCUT2D eigenvalue weighted by Gasteiger charge is 2.29. The van der Waals surface area contributed by atoms with Crippen LogP contribution in [0.5, 0.6) is 0 Å². The van der Waals surface area contributed by atoms with E-state index in [1.165, 1.54) is 5.56 Å². The first kappa shape index (κ1) is 14.6. The molecule has 6 heteroatoms. The molecule has 0 unspecified atom stereocenters. The molecule has 2 heterocycles. The SMILES string of the molecule is Cn1cc(NC(=O)NC[C@H]2CCO[C@@H]2c2ccccc2)cn1.